The lowest BCUT2D eigenvalue weighted by Gasteiger charge is -2.20. The maximum Gasteiger partial charge on any atom is 0.0297 e. The molecule has 94 valence electrons. The zero-order valence-electron chi connectivity index (χ0n) is 10.7. The van der Waals surface area contributed by atoms with Crippen molar-refractivity contribution >= 4 is 22.6 Å². The van der Waals surface area contributed by atoms with Crippen LogP contribution in [-0.2, 0) is 0 Å². The van der Waals surface area contributed by atoms with Gasteiger partial charge in [0.05, 0.1) is 0 Å². The number of hydrogen-bond donors (Lipinski definition) is 1. The highest BCUT2D eigenvalue weighted by Crippen LogP contribution is 2.19. The van der Waals surface area contributed by atoms with Gasteiger partial charge in [0.25, 0.3) is 0 Å². The summed E-state index contributed by atoms with van der Waals surface area (Å²) in [7, 11) is 0. The van der Waals surface area contributed by atoms with E-state index in [4.69, 9.17) is 0 Å². The van der Waals surface area contributed by atoms with Crippen molar-refractivity contribution in [1.82, 2.24) is 5.32 Å². The van der Waals surface area contributed by atoms with Gasteiger partial charge in [-0.1, -0.05) is 42.5 Å². The fraction of sp³-hybridized carbons (Fsp3) is 0.250. The van der Waals surface area contributed by atoms with Crippen molar-refractivity contribution in [3.63, 3.8) is 0 Å². The molecular weight excluding hydrogens is 333 g/mol. The smallest absolute Gasteiger partial charge is 0.0297 e. The van der Waals surface area contributed by atoms with Crippen molar-refractivity contribution in [3.8, 4) is 0 Å². The van der Waals surface area contributed by atoms with Crippen molar-refractivity contribution in [2.24, 2.45) is 0 Å². The van der Waals surface area contributed by atoms with E-state index in [9.17, 15) is 0 Å². The lowest BCUT2D eigenvalue weighted by atomic mass is 10.0. The molecule has 2 rings (SSSR count). The molecule has 2 heteroatoms. The van der Waals surface area contributed by atoms with E-state index in [0.717, 1.165) is 0 Å². The zero-order chi connectivity index (χ0) is 13.0. The van der Waals surface area contributed by atoms with Gasteiger partial charge in [-0.3, -0.25) is 0 Å². The summed E-state index contributed by atoms with van der Waals surface area (Å²) in [4.78, 5) is 0. The van der Waals surface area contributed by atoms with Gasteiger partial charge in [-0.15, -0.1) is 0 Å². The molecule has 18 heavy (non-hydrogen) atoms. The molecule has 0 amide bonds. The Bertz CT molecular complexity index is 478. The van der Waals surface area contributed by atoms with E-state index < -0.39 is 0 Å². The first-order chi connectivity index (χ1) is 8.66. The monoisotopic (exact) mass is 351 g/mol. The van der Waals surface area contributed by atoms with Crippen molar-refractivity contribution < 1.29 is 0 Å². The zero-order valence-corrected chi connectivity index (χ0v) is 12.9. The van der Waals surface area contributed by atoms with Gasteiger partial charge in [0.15, 0.2) is 0 Å². The molecule has 1 nitrogen and oxygen atoms in total. The van der Waals surface area contributed by atoms with Crippen LogP contribution in [0.4, 0.5) is 0 Å². The second-order valence-corrected chi connectivity index (χ2v) is 5.82. The molecule has 0 aliphatic heterocycles. The van der Waals surface area contributed by atoms with E-state index in [2.05, 4.69) is 96.4 Å². The van der Waals surface area contributed by atoms with Gasteiger partial charge in [0, 0.05) is 15.7 Å². The Morgan fingerprint density at radius 3 is 1.83 bits per heavy atom. The highest BCUT2D eigenvalue weighted by molar-refractivity contribution is 14.1. The fourth-order valence-corrected chi connectivity index (χ4v) is 2.42. The summed E-state index contributed by atoms with van der Waals surface area (Å²) in [5.74, 6) is 0. The molecule has 1 N–H and O–H groups in total. The third-order valence-electron chi connectivity index (χ3n) is 3.17. The van der Waals surface area contributed by atoms with Crippen molar-refractivity contribution in [2.45, 2.75) is 25.9 Å². The number of nitrogens with one attached hydrogen (secondary N) is 1. The molecule has 0 aliphatic carbocycles. The van der Waals surface area contributed by atoms with Gasteiger partial charge < -0.3 is 5.32 Å². The third-order valence-corrected chi connectivity index (χ3v) is 3.89. The third kappa shape index (κ3) is 3.56. The topological polar surface area (TPSA) is 12.0 Å². The van der Waals surface area contributed by atoms with Crippen LogP contribution in [0.5, 0.6) is 0 Å². The Hall–Kier alpha value is -0.870. The van der Waals surface area contributed by atoms with Crippen LogP contribution in [0.3, 0.4) is 0 Å². The molecule has 2 aromatic carbocycles. The summed E-state index contributed by atoms with van der Waals surface area (Å²) in [6.07, 6.45) is 0. The number of benzene rings is 2. The van der Waals surface area contributed by atoms with E-state index in [1.54, 1.807) is 0 Å². The molecule has 0 radical (unpaired) electrons. The second kappa shape index (κ2) is 6.34. The number of halogens is 1. The van der Waals surface area contributed by atoms with Gasteiger partial charge >= 0.3 is 0 Å². The standard InChI is InChI=1S/C16H18IN/c1-12(14-6-4-3-5-7-14)18-13(2)15-8-10-16(17)11-9-15/h3-13,18H,1-2H3/t12-,13?/m0/s1. The maximum atomic E-state index is 3.63. The first-order valence-electron chi connectivity index (χ1n) is 6.23. The van der Waals surface area contributed by atoms with Crippen LogP contribution >= 0.6 is 22.6 Å². The van der Waals surface area contributed by atoms with Gasteiger partial charge in [0.1, 0.15) is 0 Å². The van der Waals surface area contributed by atoms with Crippen molar-refractivity contribution in [3.05, 3.63) is 69.3 Å². The second-order valence-electron chi connectivity index (χ2n) is 4.57. The minimum absolute atomic E-state index is 0.359. The fourth-order valence-electron chi connectivity index (χ4n) is 2.06. The van der Waals surface area contributed by atoms with Crippen LogP contribution < -0.4 is 5.32 Å². The number of rotatable bonds is 4. The summed E-state index contributed by atoms with van der Waals surface area (Å²) in [5, 5.41) is 3.63. The van der Waals surface area contributed by atoms with E-state index in [0.29, 0.717) is 12.1 Å². The van der Waals surface area contributed by atoms with E-state index >= 15 is 0 Å². The quantitative estimate of drug-likeness (QED) is 0.787. The Labute approximate surface area is 123 Å². The molecule has 2 atom stereocenters. The van der Waals surface area contributed by atoms with Crippen LogP contribution in [0.25, 0.3) is 0 Å². The Morgan fingerprint density at radius 2 is 1.28 bits per heavy atom. The molecule has 0 aliphatic rings. The van der Waals surface area contributed by atoms with Crippen LogP contribution in [0.2, 0.25) is 0 Å². The van der Waals surface area contributed by atoms with Crippen molar-refractivity contribution in [2.75, 3.05) is 0 Å². The molecule has 0 heterocycles. The summed E-state index contributed by atoms with van der Waals surface area (Å²) in [5.41, 5.74) is 2.66. The van der Waals surface area contributed by atoms with E-state index in [-0.39, 0.29) is 0 Å². The van der Waals surface area contributed by atoms with Crippen molar-refractivity contribution in [1.29, 1.82) is 0 Å². The minimum atomic E-state index is 0.359. The molecule has 2 aromatic rings. The maximum absolute atomic E-state index is 3.63. The Kier molecular flexibility index (Phi) is 4.78. The molecule has 1 unspecified atom stereocenters. The normalized spacial score (nSPS) is 14.2. The van der Waals surface area contributed by atoms with E-state index in [1.165, 1.54) is 14.7 Å². The predicted molar refractivity (Wildman–Crippen MR) is 85.6 cm³/mol. The van der Waals surface area contributed by atoms with Crippen LogP contribution in [0.1, 0.15) is 37.1 Å². The summed E-state index contributed by atoms with van der Waals surface area (Å²) >= 11 is 2.33. The first-order valence-corrected chi connectivity index (χ1v) is 7.31. The molecular formula is C16H18IN. The summed E-state index contributed by atoms with van der Waals surface area (Å²) in [6, 6.07) is 20.0. The Balaban J connectivity index is 2.03. The molecule has 0 aromatic heterocycles. The summed E-state index contributed by atoms with van der Waals surface area (Å²) in [6.45, 7) is 4.42. The van der Waals surface area contributed by atoms with Gasteiger partial charge in [0.2, 0.25) is 0 Å². The average Bonchev–Trinajstić information content (AvgIpc) is 2.40. The van der Waals surface area contributed by atoms with E-state index in [1.807, 2.05) is 0 Å². The lowest BCUT2D eigenvalue weighted by molar-refractivity contribution is 0.494. The predicted octanol–water partition coefficient (Wildman–Crippen LogP) is 4.70. The van der Waals surface area contributed by atoms with Gasteiger partial charge in [-0.2, -0.15) is 0 Å². The Morgan fingerprint density at radius 1 is 0.778 bits per heavy atom. The van der Waals surface area contributed by atoms with Gasteiger partial charge in [-0.25, -0.2) is 0 Å². The molecule has 0 bridgehead atoms. The van der Waals surface area contributed by atoms with Crippen LogP contribution in [0.15, 0.2) is 54.6 Å². The lowest BCUT2D eigenvalue weighted by Crippen LogP contribution is -2.22. The van der Waals surface area contributed by atoms with Crippen LogP contribution in [0, 0.1) is 3.57 Å². The SMILES string of the molecule is CC(N[C@@H](C)c1ccccc1)c1ccc(I)cc1. The minimum Gasteiger partial charge on any atom is -0.304 e. The largest absolute Gasteiger partial charge is 0.304 e. The highest BCUT2D eigenvalue weighted by atomic mass is 127. The molecule has 0 saturated heterocycles. The number of hydrogen-bond acceptors (Lipinski definition) is 1. The average molecular weight is 351 g/mol. The molecule has 0 fully saturated rings. The van der Waals surface area contributed by atoms with Gasteiger partial charge in [-0.05, 0) is 59.7 Å². The van der Waals surface area contributed by atoms with Crippen LogP contribution in [-0.4, -0.2) is 0 Å². The highest BCUT2D eigenvalue weighted by Gasteiger charge is 2.10. The molecule has 0 saturated carbocycles. The first kappa shape index (κ1) is 13.6. The molecule has 0 spiro atoms. The summed E-state index contributed by atoms with van der Waals surface area (Å²) < 4.78 is 1.28.